The molecule has 8 heteroatoms. The Morgan fingerprint density at radius 2 is 1.84 bits per heavy atom. The zero-order chi connectivity index (χ0) is 22.4. The number of nitrogens with zero attached hydrogens (tertiary/aromatic N) is 3. The van der Waals surface area contributed by atoms with Crippen molar-refractivity contribution in [3.8, 4) is 5.75 Å². The van der Waals surface area contributed by atoms with Crippen LogP contribution >= 0.6 is 0 Å². The zero-order valence-electron chi connectivity index (χ0n) is 17.4. The van der Waals surface area contributed by atoms with Crippen LogP contribution < -0.4 is 4.74 Å². The van der Waals surface area contributed by atoms with E-state index < -0.39 is 4.92 Å². The van der Waals surface area contributed by atoms with Crippen LogP contribution in [0.4, 0.5) is 5.69 Å². The van der Waals surface area contributed by atoms with Crippen molar-refractivity contribution in [1.29, 1.82) is 0 Å². The number of allylic oxidation sites excluding steroid dienone is 2. The molecule has 2 aromatic carbocycles. The highest BCUT2D eigenvalue weighted by Crippen LogP contribution is 2.52. The molecule has 0 radical (unpaired) electrons. The first-order valence-corrected chi connectivity index (χ1v) is 10.5. The lowest BCUT2D eigenvalue weighted by molar-refractivity contribution is -0.385. The van der Waals surface area contributed by atoms with Gasteiger partial charge in [0.15, 0.2) is 5.75 Å². The lowest BCUT2D eigenvalue weighted by Crippen LogP contribution is -2.28. The molecule has 2 amide bonds. The number of nitro benzene ring substituents is 1. The van der Waals surface area contributed by atoms with Crippen LogP contribution in [0.3, 0.4) is 0 Å². The number of benzene rings is 2. The average Bonchev–Trinajstić information content (AvgIpc) is 3.45. The molecule has 3 aliphatic rings. The van der Waals surface area contributed by atoms with Crippen molar-refractivity contribution in [2.45, 2.75) is 20.0 Å². The van der Waals surface area contributed by atoms with Gasteiger partial charge in [0, 0.05) is 11.6 Å². The van der Waals surface area contributed by atoms with Crippen LogP contribution in [0.5, 0.6) is 5.75 Å². The summed E-state index contributed by atoms with van der Waals surface area (Å²) in [5.74, 6) is -0.900. The third-order valence-electron chi connectivity index (χ3n) is 6.43. The highest BCUT2D eigenvalue weighted by molar-refractivity contribution is 6.06. The van der Waals surface area contributed by atoms with E-state index in [2.05, 4.69) is 5.10 Å². The fourth-order valence-electron chi connectivity index (χ4n) is 4.97. The average molecular weight is 431 g/mol. The molecule has 2 aliphatic carbocycles. The molecule has 1 heterocycles. The number of nitro groups is 1. The Morgan fingerprint density at radius 3 is 2.50 bits per heavy atom. The van der Waals surface area contributed by atoms with E-state index in [9.17, 15) is 19.7 Å². The van der Waals surface area contributed by atoms with Gasteiger partial charge in [-0.3, -0.25) is 19.7 Å². The third-order valence-corrected chi connectivity index (χ3v) is 6.43. The van der Waals surface area contributed by atoms with Gasteiger partial charge in [0.1, 0.15) is 6.61 Å². The second-order valence-corrected chi connectivity index (χ2v) is 8.49. The highest BCUT2D eigenvalue weighted by Gasteiger charge is 2.59. The van der Waals surface area contributed by atoms with Crippen LogP contribution in [0.15, 0.2) is 59.7 Å². The number of ether oxygens (including phenoxy) is 1. The van der Waals surface area contributed by atoms with Gasteiger partial charge in [-0.05, 0) is 42.9 Å². The summed E-state index contributed by atoms with van der Waals surface area (Å²) in [6, 6.07) is 12.1. The fraction of sp³-hybridized carbons (Fsp3) is 0.292. The number of carbonyl (C=O) groups is 2. The first-order chi connectivity index (χ1) is 15.4. The minimum Gasteiger partial charge on any atom is -0.482 e. The number of carbonyl (C=O) groups excluding carboxylic acids is 2. The van der Waals surface area contributed by atoms with Crippen LogP contribution in [-0.2, 0) is 16.2 Å². The van der Waals surface area contributed by atoms with Gasteiger partial charge in [0.05, 0.1) is 23.0 Å². The number of rotatable bonds is 6. The number of fused-ring (bicyclic) bond motifs is 5. The predicted octanol–water partition coefficient (Wildman–Crippen LogP) is 3.62. The Kier molecular flexibility index (Phi) is 4.84. The number of imide groups is 1. The van der Waals surface area contributed by atoms with E-state index in [1.165, 1.54) is 18.3 Å². The van der Waals surface area contributed by atoms with Crippen LogP contribution in [-0.4, -0.2) is 28.0 Å². The normalized spacial score (nSPS) is 25.7. The van der Waals surface area contributed by atoms with E-state index in [-0.39, 0.29) is 53.5 Å². The van der Waals surface area contributed by atoms with E-state index in [1.54, 1.807) is 6.07 Å². The van der Waals surface area contributed by atoms with Gasteiger partial charge in [-0.15, -0.1) is 0 Å². The Balaban J connectivity index is 1.33. The number of hydrazone groups is 1. The topological polar surface area (TPSA) is 102 Å². The molecule has 8 nitrogen and oxygen atoms in total. The molecular weight excluding hydrogens is 410 g/mol. The summed E-state index contributed by atoms with van der Waals surface area (Å²) in [4.78, 5) is 36.5. The molecule has 0 N–H and O–H groups in total. The maximum Gasteiger partial charge on any atom is 0.311 e. The molecule has 1 saturated heterocycles. The predicted molar refractivity (Wildman–Crippen MR) is 116 cm³/mol. The quantitative estimate of drug-likeness (QED) is 0.229. The molecule has 32 heavy (non-hydrogen) atoms. The molecule has 1 aliphatic heterocycles. The summed E-state index contributed by atoms with van der Waals surface area (Å²) in [5, 5.41) is 16.6. The molecule has 0 unspecified atom stereocenters. The molecule has 0 aromatic heterocycles. The molecule has 4 atom stereocenters. The zero-order valence-corrected chi connectivity index (χ0v) is 17.4. The van der Waals surface area contributed by atoms with E-state index >= 15 is 0 Å². The van der Waals surface area contributed by atoms with E-state index in [4.69, 9.17) is 4.74 Å². The minimum absolute atomic E-state index is 0.104. The Labute approximate surface area is 184 Å². The molecular formula is C24H21N3O5. The van der Waals surface area contributed by atoms with E-state index in [0.717, 1.165) is 22.6 Å². The molecule has 2 fully saturated rings. The van der Waals surface area contributed by atoms with Crippen LogP contribution in [0.2, 0.25) is 0 Å². The molecule has 2 aromatic rings. The summed E-state index contributed by atoms with van der Waals surface area (Å²) in [7, 11) is 0. The molecule has 0 spiro atoms. The van der Waals surface area contributed by atoms with Crippen LogP contribution in [0.25, 0.3) is 0 Å². The Morgan fingerprint density at radius 1 is 1.12 bits per heavy atom. The third kappa shape index (κ3) is 3.37. The summed E-state index contributed by atoms with van der Waals surface area (Å²) in [6.45, 7) is 2.16. The van der Waals surface area contributed by atoms with Crippen LogP contribution in [0, 0.1) is 40.7 Å². The number of aryl methyl sites for hydroxylation is 1. The summed E-state index contributed by atoms with van der Waals surface area (Å²) >= 11 is 0. The fourth-order valence-corrected chi connectivity index (χ4v) is 4.97. The van der Waals surface area contributed by atoms with Crippen LogP contribution in [0.1, 0.15) is 23.1 Å². The molecule has 1 saturated carbocycles. The van der Waals surface area contributed by atoms with Crippen molar-refractivity contribution < 1.29 is 19.2 Å². The maximum absolute atomic E-state index is 12.7. The van der Waals surface area contributed by atoms with Gasteiger partial charge in [-0.2, -0.15) is 10.1 Å². The van der Waals surface area contributed by atoms with Gasteiger partial charge in [-0.25, -0.2) is 0 Å². The first kappa shape index (κ1) is 20.1. The largest absolute Gasteiger partial charge is 0.482 e. The van der Waals surface area contributed by atoms with E-state index in [0.29, 0.717) is 5.56 Å². The summed E-state index contributed by atoms with van der Waals surface area (Å²) in [5.41, 5.74) is 2.18. The second kappa shape index (κ2) is 7.71. The summed E-state index contributed by atoms with van der Waals surface area (Å²) in [6.07, 6.45) is 6.19. The maximum atomic E-state index is 12.7. The first-order valence-electron chi connectivity index (χ1n) is 10.5. The monoisotopic (exact) mass is 431 g/mol. The number of hydrogen-bond acceptors (Lipinski definition) is 6. The van der Waals surface area contributed by atoms with Crippen molar-refractivity contribution in [3.05, 3.63) is 81.4 Å². The van der Waals surface area contributed by atoms with Gasteiger partial charge in [-0.1, -0.05) is 42.0 Å². The number of hydrogen-bond donors (Lipinski definition) is 0. The van der Waals surface area contributed by atoms with Gasteiger partial charge in [0.25, 0.3) is 11.8 Å². The van der Waals surface area contributed by atoms with Gasteiger partial charge < -0.3 is 4.74 Å². The Hall–Kier alpha value is -3.81. The van der Waals surface area contributed by atoms with Crippen molar-refractivity contribution in [3.63, 3.8) is 0 Å². The molecule has 162 valence electrons. The summed E-state index contributed by atoms with van der Waals surface area (Å²) < 4.78 is 5.68. The highest BCUT2D eigenvalue weighted by atomic mass is 16.6. The number of amides is 2. The van der Waals surface area contributed by atoms with E-state index in [1.807, 2.05) is 43.3 Å². The van der Waals surface area contributed by atoms with Gasteiger partial charge >= 0.3 is 5.69 Å². The second-order valence-electron chi connectivity index (χ2n) is 8.49. The van der Waals surface area contributed by atoms with Crippen molar-refractivity contribution in [2.24, 2.45) is 28.8 Å². The smallest absolute Gasteiger partial charge is 0.311 e. The SMILES string of the molecule is Cc1cccc(COc2ccc(C=NN3C(=O)[C@@H]4[C@H](C3=O)[C@H]3C=C[C@H]4C3)cc2[N+](=O)[O-])c1. The Bertz CT molecular complexity index is 1160. The molecule has 2 bridgehead atoms. The van der Waals surface area contributed by atoms with Crippen molar-refractivity contribution >= 4 is 23.7 Å². The standard InChI is InChI=1S/C24H21N3O5/c1-14-3-2-4-16(9-14)13-32-20-8-5-15(10-19(20)27(30)31)12-25-26-23(28)21-17-6-7-18(11-17)22(21)24(26)29/h2-10,12,17-18,21-22H,11,13H2,1H3/t17-,18-,21-,22+/m0/s1. The van der Waals surface area contributed by atoms with Gasteiger partial charge in [0.2, 0.25) is 0 Å². The minimum atomic E-state index is -0.525. The lowest BCUT2D eigenvalue weighted by Gasteiger charge is -2.13. The van der Waals surface area contributed by atoms with Crippen molar-refractivity contribution in [1.82, 2.24) is 5.01 Å². The molecule has 5 rings (SSSR count). The van der Waals surface area contributed by atoms with Crippen molar-refractivity contribution in [2.75, 3.05) is 0 Å². The lowest BCUT2D eigenvalue weighted by atomic mass is 9.85.